The van der Waals surface area contributed by atoms with E-state index < -0.39 is 10.0 Å². The van der Waals surface area contributed by atoms with Crippen LogP contribution in [0.25, 0.3) is 0 Å². The minimum atomic E-state index is -3.82. The van der Waals surface area contributed by atoms with Gasteiger partial charge in [0.1, 0.15) is 11.0 Å². The van der Waals surface area contributed by atoms with Gasteiger partial charge in [0.05, 0.1) is 5.56 Å². The maximum Gasteiger partial charge on any atom is 0.242 e. The van der Waals surface area contributed by atoms with Crippen LogP contribution in [0.5, 0.6) is 0 Å². The molecule has 1 heterocycles. The molecule has 0 spiro atoms. The lowest BCUT2D eigenvalue weighted by Gasteiger charge is -2.31. The number of likely N-dealkylation sites (tertiary alicyclic amines) is 1. The highest BCUT2D eigenvalue weighted by molar-refractivity contribution is 7.89. The highest BCUT2D eigenvalue weighted by atomic mass is 35.5. The van der Waals surface area contributed by atoms with Gasteiger partial charge in [-0.05, 0) is 31.0 Å². The Morgan fingerprint density at radius 1 is 1.41 bits per heavy atom. The molecule has 6 nitrogen and oxygen atoms in total. The second kappa shape index (κ2) is 6.65. The quantitative estimate of drug-likeness (QED) is 0.902. The summed E-state index contributed by atoms with van der Waals surface area (Å²) < 4.78 is 27.5. The van der Waals surface area contributed by atoms with E-state index in [4.69, 9.17) is 16.9 Å². The second-order valence-electron chi connectivity index (χ2n) is 5.15. The van der Waals surface area contributed by atoms with E-state index in [-0.39, 0.29) is 27.4 Å². The standard InChI is InChI=1S/C14H16ClN3O3S/c1-10(19)18-6-4-13(5-7-18)17-22(20,21)14-8-12(15)3-2-11(14)9-16/h2-3,8,13,17H,4-7H2,1H3. The van der Waals surface area contributed by atoms with Crippen molar-refractivity contribution in [1.82, 2.24) is 9.62 Å². The number of nitrogens with one attached hydrogen (secondary N) is 1. The molecule has 1 aliphatic heterocycles. The predicted molar refractivity (Wildman–Crippen MR) is 81.8 cm³/mol. The van der Waals surface area contributed by atoms with Crippen LogP contribution in [-0.2, 0) is 14.8 Å². The maximum atomic E-state index is 12.4. The van der Waals surface area contributed by atoms with Crippen LogP contribution in [0.4, 0.5) is 0 Å². The lowest BCUT2D eigenvalue weighted by molar-refractivity contribution is -0.129. The largest absolute Gasteiger partial charge is 0.343 e. The van der Waals surface area contributed by atoms with Gasteiger partial charge in [-0.2, -0.15) is 5.26 Å². The minimum Gasteiger partial charge on any atom is -0.343 e. The van der Waals surface area contributed by atoms with Gasteiger partial charge >= 0.3 is 0 Å². The molecule has 0 aliphatic carbocycles. The number of sulfonamides is 1. The third-order valence-corrected chi connectivity index (χ3v) is 5.41. The minimum absolute atomic E-state index is 0.0112. The number of nitrogens with zero attached hydrogens (tertiary/aromatic N) is 2. The van der Waals surface area contributed by atoms with Crippen LogP contribution < -0.4 is 4.72 Å². The van der Waals surface area contributed by atoms with Crippen molar-refractivity contribution in [3.63, 3.8) is 0 Å². The van der Waals surface area contributed by atoms with Crippen LogP contribution in [0.15, 0.2) is 23.1 Å². The number of hydrogen-bond donors (Lipinski definition) is 1. The first-order valence-corrected chi connectivity index (χ1v) is 8.67. The highest BCUT2D eigenvalue weighted by Gasteiger charge is 2.27. The summed E-state index contributed by atoms with van der Waals surface area (Å²) in [5, 5.41) is 9.30. The number of rotatable bonds is 3. The predicted octanol–water partition coefficient (Wildman–Crippen LogP) is 1.50. The van der Waals surface area contributed by atoms with Gasteiger partial charge in [-0.25, -0.2) is 13.1 Å². The molecule has 0 aromatic heterocycles. The van der Waals surface area contributed by atoms with E-state index in [1.165, 1.54) is 25.1 Å². The second-order valence-corrected chi connectivity index (χ2v) is 7.27. The molecule has 118 valence electrons. The average molecular weight is 342 g/mol. The first-order chi connectivity index (χ1) is 10.3. The number of benzene rings is 1. The summed E-state index contributed by atoms with van der Waals surface area (Å²) in [6.45, 7) is 2.53. The van der Waals surface area contributed by atoms with Crippen molar-refractivity contribution in [3.05, 3.63) is 28.8 Å². The summed E-state index contributed by atoms with van der Waals surface area (Å²) >= 11 is 5.83. The Balaban J connectivity index is 2.15. The fourth-order valence-electron chi connectivity index (χ4n) is 2.41. The Kier molecular flexibility index (Phi) is 5.06. The van der Waals surface area contributed by atoms with E-state index in [0.717, 1.165) is 0 Å². The highest BCUT2D eigenvalue weighted by Crippen LogP contribution is 2.22. The molecule has 8 heteroatoms. The Hall–Kier alpha value is -1.62. The van der Waals surface area contributed by atoms with Crippen molar-refractivity contribution >= 4 is 27.5 Å². The molecule has 0 radical (unpaired) electrons. The van der Waals surface area contributed by atoms with E-state index in [9.17, 15) is 13.2 Å². The summed E-state index contributed by atoms with van der Waals surface area (Å²) in [7, 11) is -3.82. The van der Waals surface area contributed by atoms with Gasteiger partial charge in [0.25, 0.3) is 0 Å². The van der Waals surface area contributed by atoms with Crippen molar-refractivity contribution in [2.24, 2.45) is 0 Å². The first-order valence-electron chi connectivity index (χ1n) is 6.81. The Labute approximate surface area is 134 Å². The van der Waals surface area contributed by atoms with Gasteiger partial charge < -0.3 is 4.90 Å². The van der Waals surface area contributed by atoms with Gasteiger partial charge in [-0.15, -0.1) is 0 Å². The molecule has 1 aliphatic rings. The van der Waals surface area contributed by atoms with E-state index in [1.54, 1.807) is 4.90 Å². The zero-order valence-electron chi connectivity index (χ0n) is 12.0. The van der Waals surface area contributed by atoms with Crippen molar-refractivity contribution in [1.29, 1.82) is 5.26 Å². The van der Waals surface area contributed by atoms with Crippen molar-refractivity contribution in [3.8, 4) is 6.07 Å². The van der Waals surface area contributed by atoms with Crippen LogP contribution in [0.1, 0.15) is 25.3 Å². The Morgan fingerprint density at radius 3 is 2.59 bits per heavy atom. The number of nitriles is 1. The molecular formula is C14H16ClN3O3S. The molecule has 0 saturated carbocycles. The fourth-order valence-corrected chi connectivity index (χ4v) is 4.13. The lowest BCUT2D eigenvalue weighted by atomic mass is 10.1. The van der Waals surface area contributed by atoms with Gasteiger partial charge in [0.2, 0.25) is 15.9 Å². The third kappa shape index (κ3) is 3.77. The molecule has 0 unspecified atom stereocenters. The summed E-state index contributed by atoms with van der Waals surface area (Å²) in [5.41, 5.74) is 0.0538. The molecule has 0 bridgehead atoms. The van der Waals surface area contributed by atoms with Gasteiger partial charge in [-0.1, -0.05) is 11.6 Å². The van der Waals surface area contributed by atoms with Crippen molar-refractivity contribution < 1.29 is 13.2 Å². The average Bonchev–Trinajstić information content (AvgIpc) is 2.47. The zero-order valence-corrected chi connectivity index (χ0v) is 13.6. The topological polar surface area (TPSA) is 90.3 Å². The van der Waals surface area contributed by atoms with Gasteiger partial charge in [0.15, 0.2) is 0 Å². The molecule has 22 heavy (non-hydrogen) atoms. The molecular weight excluding hydrogens is 326 g/mol. The molecule has 1 fully saturated rings. The number of carbonyl (C=O) groups excluding carboxylic acids is 1. The number of halogens is 1. The molecule has 1 saturated heterocycles. The Bertz CT molecular complexity index is 719. The molecule has 1 amide bonds. The third-order valence-electron chi connectivity index (χ3n) is 3.62. The number of piperidine rings is 1. The molecule has 1 N–H and O–H groups in total. The lowest BCUT2D eigenvalue weighted by Crippen LogP contribution is -2.46. The summed E-state index contributed by atoms with van der Waals surface area (Å²) in [5.74, 6) is -0.0112. The smallest absolute Gasteiger partial charge is 0.242 e. The van der Waals surface area contributed by atoms with E-state index in [2.05, 4.69) is 4.72 Å². The Morgan fingerprint density at radius 2 is 2.05 bits per heavy atom. The summed E-state index contributed by atoms with van der Waals surface area (Å²) in [4.78, 5) is 12.8. The van der Waals surface area contributed by atoms with Gasteiger partial charge in [-0.3, -0.25) is 4.79 Å². The maximum absolute atomic E-state index is 12.4. The number of carbonyl (C=O) groups is 1. The van der Waals surface area contributed by atoms with Crippen molar-refractivity contribution in [2.45, 2.75) is 30.7 Å². The molecule has 1 aromatic carbocycles. The normalized spacial score (nSPS) is 16.3. The van der Waals surface area contributed by atoms with E-state index in [0.29, 0.717) is 25.9 Å². The van der Waals surface area contributed by atoms with E-state index >= 15 is 0 Å². The summed E-state index contributed by atoms with van der Waals surface area (Å²) in [6, 6.07) is 5.73. The molecule has 1 aromatic rings. The zero-order chi connectivity index (χ0) is 16.3. The number of hydrogen-bond acceptors (Lipinski definition) is 4. The molecule has 2 rings (SSSR count). The molecule has 0 atom stereocenters. The SMILES string of the molecule is CC(=O)N1CCC(NS(=O)(=O)c2cc(Cl)ccc2C#N)CC1. The first kappa shape index (κ1) is 16.7. The van der Waals surface area contributed by atoms with Crippen LogP contribution >= 0.6 is 11.6 Å². The van der Waals surface area contributed by atoms with Crippen LogP contribution in [-0.4, -0.2) is 38.4 Å². The fraction of sp³-hybridized carbons (Fsp3) is 0.429. The summed E-state index contributed by atoms with van der Waals surface area (Å²) in [6.07, 6.45) is 1.09. The van der Waals surface area contributed by atoms with Crippen LogP contribution in [0.3, 0.4) is 0 Å². The van der Waals surface area contributed by atoms with Crippen molar-refractivity contribution in [2.75, 3.05) is 13.1 Å². The number of amides is 1. The van der Waals surface area contributed by atoms with E-state index in [1.807, 2.05) is 6.07 Å². The monoisotopic (exact) mass is 341 g/mol. The van der Waals surface area contributed by atoms with Gasteiger partial charge in [0, 0.05) is 31.1 Å². The van der Waals surface area contributed by atoms with Crippen LogP contribution in [0, 0.1) is 11.3 Å². The van der Waals surface area contributed by atoms with Crippen LogP contribution in [0.2, 0.25) is 5.02 Å².